The van der Waals surface area contributed by atoms with Crippen LogP contribution in [0.5, 0.6) is 0 Å². The molecular formula is C18H20FN4S+. The van der Waals surface area contributed by atoms with E-state index >= 15 is 0 Å². The van der Waals surface area contributed by atoms with Crippen molar-refractivity contribution >= 4 is 12.2 Å². The van der Waals surface area contributed by atoms with Gasteiger partial charge in [0.25, 0.3) is 0 Å². The fourth-order valence-corrected chi connectivity index (χ4v) is 3.10. The first-order chi connectivity index (χ1) is 11.5. The molecule has 6 heteroatoms. The van der Waals surface area contributed by atoms with Gasteiger partial charge in [-0.2, -0.15) is 9.78 Å². The molecule has 1 atom stereocenters. The number of quaternary nitrogens is 1. The van der Waals surface area contributed by atoms with E-state index < -0.39 is 0 Å². The molecule has 1 heterocycles. The third-order valence-corrected chi connectivity index (χ3v) is 4.25. The van der Waals surface area contributed by atoms with Crippen molar-refractivity contribution in [2.75, 3.05) is 7.05 Å². The lowest BCUT2D eigenvalue weighted by atomic mass is 10.2. The number of hydrogen-bond donors (Lipinski definition) is 1. The van der Waals surface area contributed by atoms with Gasteiger partial charge in [0.05, 0.1) is 7.05 Å². The van der Waals surface area contributed by atoms with Crippen LogP contribution < -0.4 is 4.90 Å². The van der Waals surface area contributed by atoms with Crippen molar-refractivity contribution in [1.29, 1.82) is 0 Å². The first kappa shape index (κ1) is 16.5. The molecule has 0 aliphatic rings. The SMILES string of the molecule is Cc1nn(C[NH+](C)Cc2ccc(F)cc2)c(=S)n1-c1ccccc1. The molecule has 0 radical (unpaired) electrons. The van der Waals surface area contributed by atoms with Crippen molar-refractivity contribution in [3.05, 3.63) is 76.6 Å². The van der Waals surface area contributed by atoms with E-state index in [2.05, 4.69) is 12.1 Å². The van der Waals surface area contributed by atoms with Crippen molar-refractivity contribution in [2.24, 2.45) is 0 Å². The van der Waals surface area contributed by atoms with Gasteiger partial charge in [0.15, 0.2) is 6.67 Å². The molecule has 1 unspecified atom stereocenters. The fraction of sp³-hybridized carbons (Fsp3) is 0.222. The minimum atomic E-state index is -0.212. The molecule has 0 aliphatic heterocycles. The average Bonchev–Trinajstić information content (AvgIpc) is 2.84. The predicted molar refractivity (Wildman–Crippen MR) is 94.1 cm³/mol. The molecule has 1 N–H and O–H groups in total. The topological polar surface area (TPSA) is 27.2 Å². The van der Waals surface area contributed by atoms with E-state index in [0.717, 1.165) is 23.6 Å². The number of nitrogens with one attached hydrogen (secondary N) is 1. The van der Waals surface area contributed by atoms with Gasteiger partial charge in [0, 0.05) is 11.3 Å². The highest BCUT2D eigenvalue weighted by atomic mass is 32.1. The molecule has 4 nitrogen and oxygen atoms in total. The number of nitrogens with zero attached hydrogens (tertiary/aromatic N) is 3. The Labute approximate surface area is 145 Å². The lowest BCUT2D eigenvalue weighted by Gasteiger charge is -2.13. The Bertz CT molecular complexity index is 868. The van der Waals surface area contributed by atoms with Gasteiger partial charge in [-0.05, 0) is 43.4 Å². The minimum absolute atomic E-state index is 0.212. The summed E-state index contributed by atoms with van der Waals surface area (Å²) in [5, 5.41) is 4.58. The summed E-state index contributed by atoms with van der Waals surface area (Å²) in [5.74, 6) is 0.650. The summed E-state index contributed by atoms with van der Waals surface area (Å²) >= 11 is 5.60. The molecule has 3 rings (SSSR count). The van der Waals surface area contributed by atoms with Crippen molar-refractivity contribution in [1.82, 2.24) is 14.3 Å². The van der Waals surface area contributed by atoms with Gasteiger partial charge < -0.3 is 4.90 Å². The normalized spacial score (nSPS) is 12.3. The van der Waals surface area contributed by atoms with Gasteiger partial charge in [0.1, 0.15) is 18.2 Å². The van der Waals surface area contributed by atoms with Gasteiger partial charge >= 0.3 is 0 Å². The van der Waals surface area contributed by atoms with Gasteiger partial charge in [-0.15, -0.1) is 0 Å². The summed E-state index contributed by atoms with van der Waals surface area (Å²) in [6.45, 7) is 3.38. The second-order valence-corrected chi connectivity index (χ2v) is 6.28. The van der Waals surface area contributed by atoms with Crippen LogP contribution in [0, 0.1) is 17.5 Å². The molecular weight excluding hydrogens is 323 g/mol. The van der Waals surface area contributed by atoms with Gasteiger partial charge in [-0.3, -0.25) is 4.57 Å². The van der Waals surface area contributed by atoms with E-state index in [9.17, 15) is 4.39 Å². The van der Waals surface area contributed by atoms with Crippen LogP contribution in [-0.4, -0.2) is 21.4 Å². The van der Waals surface area contributed by atoms with Crippen LogP contribution in [0.15, 0.2) is 54.6 Å². The first-order valence-electron chi connectivity index (χ1n) is 7.82. The Kier molecular flexibility index (Phi) is 4.87. The molecule has 0 fully saturated rings. The second-order valence-electron chi connectivity index (χ2n) is 5.92. The molecule has 24 heavy (non-hydrogen) atoms. The maximum Gasteiger partial charge on any atom is 0.207 e. The highest BCUT2D eigenvalue weighted by Gasteiger charge is 2.12. The van der Waals surface area contributed by atoms with Crippen molar-refractivity contribution in [3.63, 3.8) is 0 Å². The Hall–Kier alpha value is -2.31. The van der Waals surface area contributed by atoms with Crippen molar-refractivity contribution in [2.45, 2.75) is 20.1 Å². The van der Waals surface area contributed by atoms with E-state index in [1.165, 1.54) is 17.0 Å². The molecule has 1 aromatic heterocycles. The van der Waals surface area contributed by atoms with E-state index in [1.54, 1.807) is 0 Å². The molecule has 0 saturated heterocycles. The number of halogens is 1. The fourth-order valence-electron chi connectivity index (χ4n) is 2.76. The quantitative estimate of drug-likeness (QED) is 0.721. The number of rotatable bonds is 5. The van der Waals surface area contributed by atoms with Gasteiger partial charge in [0.2, 0.25) is 4.77 Å². The molecule has 0 aliphatic carbocycles. The zero-order chi connectivity index (χ0) is 17.1. The summed E-state index contributed by atoms with van der Waals surface area (Å²) < 4.78 is 17.5. The highest BCUT2D eigenvalue weighted by Crippen LogP contribution is 2.11. The maximum absolute atomic E-state index is 13.0. The number of hydrogen-bond acceptors (Lipinski definition) is 2. The second kappa shape index (κ2) is 7.07. The maximum atomic E-state index is 13.0. The Morgan fingerprint density at radius 3 is 2.42 bits per heavy atom. The van der Waals surface area contributed by atoms with Crippen LogP contribution >= 0.6 is 12.2 Å². The molecule has 3 aromatic rings. The number of aromatic nitrogens is 3. The summed E-state index contributed by atoms with van der Waals surface area (Å²) in [7, 11) is 2.07. The summed E-state index contributed by atoms with van der Waals surface area (Å²) in [6.07, 6.45) is 0. The lowest BCUT2D eigenvalue weighted by molar-refractivity contribution is -0.917. The van der Waals surface area contributed by atoms with Gasteiger partial charge in [-0.1, -0.05) is 30.3 Å². The predicted octanol–water partition coefficient (Wildman–Crippen LogP) is 2.52. The van der Waals surface area contributed by atoms with E-state index in [0.29, 0.717) is 11.4 Å². The Morgan fingerprint density at radius 1 is 1.08 bits per heavy atom. The lowest BCUT2D eigenvalue weighted by Crippen LogP contribution is -3.07. The summed E-state index contributed by atoms with van der Waals surface area (Å²) in [6, 6.07) is 16.6. The van der Waals surface area contributed by atoms with E-state index in [-0.39, 0.29) is 5.82 Å². The van der Waals surface area contributed by atoms with E-state index in [4.69, 9.17) is 12.2 Å². The van der Waals surface area contributed by atoms with Crippen molar-refractivity contribution < 1.29 is 9.29 Å². The molecule has 0 spiro atoms. The van der Waals surface area contributed by atoms with E-state index in [1.807, 2.05) is 58.6 Å². The van der Waals surface area contributed by atoms with Crippen LogP contribution in [0.3, 0.4) is 0 Å². The van der Waals surface area contributed by atoms with Gasteiger partial charge in [-0.25, -0.2) is 4.39 Å². The third kappa shape index (κ3) is 3.60. The number of para-hydroxylation sites is 1. The van der Waals surface area contributed by atoms with Crippen LogP contribution in [-0.2, 0) is 13.2 Å². The van der Waals surface area contributed by atoms with Crippen molar-refractivity contribution in [3.8, 4) is 5.69 Å². The number of benzene rings is 2. The highest BCUT2D eigenvalue weighted by molar-refractivity contribution is 7.71. The monoisotopic (exact) mass is 343 g/mol. The third-order valence-electron chi connectivity index (χ3n) is 3.85. The molecule has 2 aromatic carbocycles. The Morgan fingerprint density at radius 2 is 1.75 bits per heavy atom. The molecule has 0 amide bonds. The minimum Gasteiger partial charge on any atom is -0.315 e. The zero-order valence-corrected chi connectivity index (χ0v) is 14.6. The molecule has 124 valence electrons. The standard InChI is InChI=1S/C18H19FN4S/c1-14-20-22(18(24)23(14)17-6-4-3-5-7-17)13-21(2)12-15-8-10-16(19)11-9-15/h3-11H,12-13H2,1-2H3/p+1. The van der Waals surface area contributed by atoms with Crippen LogP contribution in [0.1, 0.15) is 11.4 Å². The average molecular weight is 343 g/mol. The molecule has 0 bridgehead atoms. The van der Waals surface area contributed by atoms with Crippen LogP contribution in [0.4, 0.5) is 4.39 Å². The summed E-state index contributed by atoms with van der Waals surface area (Å²) in [5.41, 5.74) is 2.10. The van der Waals surface area contributed by atoms with Crippen LogP contribution in [0.25, 0.3) is 5.69 Å². The van der Waals surface area contributed by atoms with Crippen LogP contribution in [0.2, 0.25) is 0 Å². The zero-order valence-electron chi connectivity index (χ0n) is 13.7. The first-order valence-corrected chi connectivity index (χ1v) is 8.23. The largest absolute Gasteiger partial charge is 0.315 e. The Balaban J connectivity index is 1.78. The number of aryl methyl sites for hydroxylation is 1. The summed E-state index contributed by atoms with van der Waals surface area (Å²) in [4.78, 5) is 1.22. The molecule has 0 saturated carbocycles. The smallest absolute Gasteiger partial charge is 0.207 e.